The molecule has 0 saturated heterocycles. The van der Waals surface area contributed by atoms with Crippen LogP contribution in [0.4, 0.5) is 5.95 Å². The van der Waals surface area contributed by atoms with Crippen LogP contribution in [-0.2, 0) is 0 Å². The second-order valence-electron chi connectivity index (χ2n) is 3.42. The van der Waals surface area contributed by atoms with Crippen molar-refractivity contribution >= 4 is 33.6 Å². The first-order valence-electron chi connectivity index (χ1n) is 5.50. The van der Waals surface area contributed by atoms with Gasteiger partial charge < -0.3 is 5.32 Å². The Hall–Kier alpha value is -1.21. The molecule has 0 aliphatic heterocycles. The SMILES string of the molecule is CCCNc1ncc(Br)c(Sc2cnccn2)n1. The third kappa shape index (κ3) is 3.64. The van der Waals surface area contributed by atoms with E-state index in [1.54, 1.807) is 24.8 Å². The van der Waals surface area contributed by atoms with Gasteiger partial charge in [-0.05, 0) is 34.1 Å². The highest BCUT2D eigenvalue weighted by atomic mass is 79.9. The number of hydrogen-bond donors (Lipinski definition) is 1. The minimum absolute atomic E-state index is 0.631. The van der Waals surface area contributed by atoms with Gasteiger partial charge in [-0.2, -0.15) is 0 Å². The van der Waals surface area contributed by atoms with Crippen LogP contribution in [0.5, 0.6) is 0 Å². The summed E-state index contributed by atoms with van der Waals surface area (Å²) >= 11 is 4.88. The Morgan fingerprint density at radius 2 is 2.17 bits per heavy atom. The summed E-state index contributed by atoms with van der Waals surface area (Å²) in [6.07, 6.45) is 7.79. The van der Waals surface area contributed by atoms with Crippen molar-refractivity contribution < 1.29 is 0 Å². The van der Waals surface area contributed by atoms with Crippen LogP contribution in [0.1, 0.15) is 13.3 Å². The molecule has 2 aromatic rings. The zero-order chi connectivity index (χ0) is 12.8. The van der Waals surface area contributed by atoms with E-state index in [0.29, 0.717) is 5.95 Å². The maximum atomic E-state index is 4.43. The largest absolute Gasteiger partial charge is 0.354 e. The summed E-state index contributed by atoms with van der Waals surface area (Å²) in [5.41, 5.74) is 0. The van der Waals surface area contributed by atoms with Crippen molar-refractivity contribution in [2.45, 2.75) is 23.4 Å². The van der Waals surface area contributed by atoms with E-state index >= 15 is 0 Å². The zero-order valence-electron chi connectivity index (χ0n) is 9.80. The molecule has 0 saturated carbocycles. The number of nitrogens with one attached hydrogen (secondary N) is 1. The Bertz CT molecular complexity index is 508. The molecule has 0 aliphatic rings. The molecule has 7 heteroatoms. The summed E-state index contributed by atoms with van der Waals surface area (Å²) in [5, 5.41) is 4.78. The lowest BCUT2D eigenvalue weighted by molar-refractivity contribution is 0.928. The van der Waals surface area contributed by atoms with E-state index in [4.69, 9.17) is 0 Å². The molecule has 0 aliphatic carbocycles. The Kier molecular flexibility index (Phi) is 4.89. The highest BCUT2D eigenvalue weighted by molar-refractivity contribution is 9.10. The van der Waals surface area contributed by atoms with Crippen LogP contribution in [0.2, 0.25) is 0 Å². The molecule has 0 bridgehead atoms. The van der Waals surface area contributed by atoms with E-state index < -0.39 is 0 Å². The highest BCUT2D eigenvalue weighted by Gasteiger charge is 2.07. The first-order chi connectivity index (χ1) is 8.79. The lowest BCUT2D eigenvalue weighted by Gasteiger charge is -2.06. The van der Waals surface area contributed by atoms with E-state index in [0.717, 1.165) is 27.5 Å². The lowest BCUT2D eigenvalue weighted by Crippen LogP contribution is -2.04. The smallest absolute Gasteiger partial charge is 0.223 e. The number of nitrogens with zero attached hydrogens (tertiary/aromatic N) is 4. The zero-order valence-corrected chi connectivity index (χ0v) is 12.2. The van der Waals surface area contributed by atoms with Crippen LogP contribution in [0.3, 0.4) is 0 Å². The van der Waals surface area contributed by atoms with E-state index in [-0.39, 0.29) is 0 Å². The van der Waals surface area contributed by atoms with Gasteiger partial charge in [0.2, 0.25) is 5.95 Å². The Morgan fingerprint density at radius 3 is 2.89 bits per heavy atom. The van der Waals surface area contributed by atoms with Crippen molar-refractivity contribution in [1.29, 1.82) is 0 Å². The molecular weight excluding hydrogens is 314 g/mol. The van der Waals surface area contributed by atoms with Crippen molar-refractivity contribution in [2.24, 2.45) is 0 Å². The monoisotopic (exact) mass is 325 g/mol. The summed E-state index contributed by atoms with van der Waals surface area (Å²) in [7, 11) is 0. The van der Waals surface area contributed by atoms with Crippen LogP contribution in [0, 0.1) is 0 Å². The van der Waals surface area contributed by atoms with E-state index in [9.17, 15) is 0 Å². The van der Waals surface area contributed by atoms with Gasteiger partial charge in [-0.15, -0.1) is 0 Å². The Morgan fingerprint density at radius 1 is 1.28 bits per heavy atom. The van der Waals surface area contributed by atoms with Crippen LogP contribution >= 0.6 is 27.7 Å². The average molecular weight is 326 g/mol. The molecule has 0 amide bonds. The Labute approximate surface area is 118 Å². The first-order valence-corrected chi connectivity index (χ1v) is 7.11. The number of hydrogen-bond acceptors (Lipinski definition) is 6. The summed E-state index contributed by atoms with van der Waals surface area (Å²) in [4.78, 5) is 16.9. The van der Waals surface area contributed by atoms with E-state index in [2.05, 4.69) is 48.1 Å². The van der Waals surface area contributed by atoms with Crippen molar-refractivity contribution in [2.75, 3.05) is 11.9 Å². The second kappa shape index (κ2) is 6.65. The van der Waals surface area contributed by atoms with Gasteiger partial charge in [0.25, 0.3) is 0 Å². The summed E-state index contributed by atoms with van der Waals surface area (Å²) in [6.45, 7) is 2.96. The van der Waals surface area contributed by atoms with Crippen LogP contribution in [0.25, 0.3) is 0 Å². The van der Waals surface area contributed by atoms with Crippen molar-refractivity contribution in [3.63, 3.8) is 0 Å². The molecule has 0 radical (unpaired) electrons. The molecule has 2 heterocycles. The van der Waals surface area contributed by atoms with Gasteiger partial charge in [0.1, 0.15) is 10.1 Å². The maximum Gasteiger partial charge on any atom is 0.223 e. The number of halogens is 1. The predicted molar refractivity (Wildman–Crippen MR) is 74.7 cm³/mol. The molecule has 5 nitrogen and oxygen atoms in total. The predicted octanol–water partition coefficient (Wildman–Crippen LogP) is 3.00. The molecule has 0 fully saturated rings. The molecule has 18 heavy (non-hydrogen) atoms. The molecule has 0 spiro atoms. The molecule has 2 rings (SSSR count). The summed E-state index contributed by atoms with van der Waals surface area (Å²) in [6, 6.07) is 0. The van der Waals surface area contributed by atoms with Gasteiger partial charge in [-0.3, -0.25) is 4.98 Å². The number of aromatic nitrogens is 4. The maximum absolute atomic E-state index is 4.43. The second-order valence-corrected chi connectivity index (χ2v) is 5.28. The molecular formula is C11H12BrN5S. The van der Waals surface area contributed by atoms with Crippen molar-refractivity contribution in [3.8, 4) is 0 Å². The van der Waals surface area contributed by atoms with Gasteiger partial charge in [0.15, 0.2) is 0 Å². The molecule has 0 unspecified atom stereocenters. The van der Waals surface area contributed by atoms with Gasteiger partial charge in [0, 0.05) is 25.1 Å². The third-order valence-corrected chi connectivity index (χ3v) is 3.75. The summed E-state index contributed by atoms with van der Waals surface area (Å²) < 4.78 is 0.847. The fourth-order valence-electron chi connectivity index (χ4n) is 1.18. The molecule has 94 valence electrons. The van der Waals surface area contributed by atoms with Gasteiger partial charge in [-0.1, -0.05) is 6.92 Å². The van der Waals surface area contributed by atoms with Crippen LogP contribution in [-0.4, -0.2) is 26.5 Å². The minimum Gasteiger partial charge on any atom is -0.354 e. The van der Waals surface area contributed by atoms with Crippen molar-refractivity contribution in [1.82, 2.24) is 19.9 Å². The van der Waals surface area contributed by atoms with E-state index in [1.165, 1.54) is 11.8 Å². The molecule has 2 aromatic heterocycles. The fourth-order valence-corrected chi connectivity index (χ4v) is 2.32. The third-order valence-electron chi connectivity index (χ3n) is 1.99. The standard InChI is InChI=1S/C11H12BrN5S/c1-2-3-15-11-16-6-8(12)10(17-11)18-9-7-13-4-5-14-9/h4-7H,2-3H2,1H3,(H,15,16,17). The highest BCUT2D eigenvalue weighted by Crippen LogP contribution is 2.30. The Balaban J connectivity index is 2.16. The average Bonchev–Trinajstić information content (AvgIpc) is 2.41. The van der Waals surface area contributed by atoms with E-state index in [1.807, 2.05) is 0 Å². The lowest BCUT2D eigenvalue weighted by atomic mass is 10.5. The number of anilines is 1. The van der Waals surface area contributed by atoms with Gasteiger partial charge in [0.05, 0.1) is 10.7 Å². The van der Waals surface area contributed by atoms with Gasteiger partial charge in [-0.25, -0.2) is 15.0 Å². The topological polar surface area (TPSA) is 63.6 Å². The van der Waals surface area contributed by atoms with Crippen LogP contribution in [0.15, 0.2) is 39.3 Å². The van der Waals surface area contributed by atoms with Crippen LogP contribution < -0.4 is 5.32 Å². The first kappa shape index (κ1) is 13.2. The number of rotatable bonds is 5. The summed E-state index contributed by atoms with van der Waals surface area (Å²) in [5.74, 6) is 0.631. The minimum atomic E-state index is 0.631. The van der Waals surface area contributed by atoms with Gasteiger partial charge >= 0.3 is 0 Å². The molecule has 0 atom stereocenters. The quantitative estimate of drug-likeness (QED) is 0.852. The molecule has 1 N–H and O–H groups in total. The molecule has 0 aromatic carbocycles. The van der Waals surface area contributed by atoms with Crippen molar-refractivity contribution in [3.05, 3.63) is 29.3 Å². The fraction of sp³-hybridized carbons (Fsp3) is 0.273. The normalized spacial score (nSPS) is 10.3.